The average Bonchev–Trinajstić information content (AvgIpc) is 2.63. The van der Waals surface area contributed by atoms with Gasteiger partial charge < -0.3 is 0 Å². The second-order valence-corrected chi connectivity index (χ2v) is 2.60. The molecule has 2 aromatic rings. The van der Waals surface area contributed by atoms with Gasteiger partial charge in [0, 0.05) is 0 Å². The largest absolute Gasteiger partial charge is 0.234 e. The van der Waals surface area contributed by atoms with E-state index >= 15 is 0 Å². The topological polar surface area (TPSA) is 79.8 Å². The lowest BCUT2D eigenvalue weighted by molar-refractivity contribution is 0.829. The molecule has 6 nitrogen and oxygen atoms in total. The molecule has 1 unspecified atom stereocenters. The van der Waals surface area contributed by atoms with E-state index in [1.807, 2.05) is 0 Å². The van der Waals surface area contributed by atoms with E-state index in [0.29, 0.717) is 11.3 Å². The van der Waals surface area contributed by atoms with Crippen molar-refractivity contribution in [3.8, 4) is 6.07 Å². The standard InChI is InChI=1S/C7H6N6/c1-5(2-8)6-7-12-10-4-13(7)11-3-9-6/h3-5H,1H3. The second kappa shape index (κ2) is 2.79. The van der Waals surface area contributed by atoms with Crippen molar-refractivity contribution in [1.29, 1.82) is 5.26 Å². The maximum Gasteiger partial charge on any atom is 0.200 e. The summed E-state index contributed by atoms with van der Waals surface area (Å²) in [6, 6.07) is 2.09. The summed E-state index contributed by atoms with van der Waals surface area (Å²) in [5.74, 6) is -0.297. The number of hydrogen-bond donors (Lipinski definition) is 0. The van der Waals surface area contributed by atoms with E-state index in [4.69, 9.17) is 5.26 Å². The number of nitriles is 1. The zero-order valence-electron chi connectivity index (χ0n) is 6.92. The van der Waals surface area contributed by atoms with Crippen molar-refractivity contribution >= 4 is 5.65 Å². The molecule has 0 saturated heterocycles. The summed E-state index contributed by atoms with van der Waals surface area (Å²) in [6.07, 6.45) is 2.87. The van der Waals surface area contributed by atoms with Crippen LogP contribution in [-0.2, 0) is 0 Å². The van der Waals surface area contributed by atoms with Gasteiger partial charge in [0.25, 0.3) is 0 Å². The molecule has 0 aromatic carbocycles. The van der Waals surface area contributed by atoms with Crippen LogP contribution in [0.3, 0.4) is 0 Å². The van der Waals surface area contributed by atoms with E-state index in [1.54, 1.807) is 6.92 Å². The number of nitrogens with zero attached hydrogens (tertiary/aromatic N) is 6. The molecule has 0 fully saturated rings. The lowest BCUT2D eigenvalue weighted by Gasteiger charge is -2.00. The van der Waals surface area contributed by atoms with Gasteiger partial charge in [0.05, 0.1) is 12.0 Å². The fourth-order valence-electron chi connectivity index (χ4n) is 1.05. The van der Waals surface area contributed by atoms with E-state index < -0.39 is 0 Å². The van der Waals surface area contributed by atoms with Crippen LogP contribution in [-0.4, -0.2) is 24.8 Å². The van der Waals surface area contributed by atoms with Gasteiger partial charge in [-0.2, -0.15) is 14.9 Å². The highest BCUT2D eigenvalue weighted by Crippen LogP contribution is 2.13. The molecule has 2 aromatic heterocycles. The minimum absolute atomic E-state index is 0.297. The number of rotatable bonds is 1. The molecule has 0 saturated carbocycles. The Morgan fingerprint density at radius 3 is 3.23 bits per heavy atom. The molecule has 64 valence electrons. The zero-order valence-corrected chi connectivity index (χ0v) is 6.92. The van der Waals surface area contributed by atoms with E-state index in [9.17, 15) is 0 Å². The molecule has 0 aliphatic rings. The number of hydrogen-bond acceptors (Lipinski definition) is 5. The fraction of sp³-hybridized carbons (Fsp3) is 0.286. The van der Waals surface area contributed by atoms with Gasteiger partial charge in [-0.3, -0.25) is 0 Å². The molecule has 13 heavy (non-hydrogen) atoms. The van der Waals surface area contributed by atoms with Crippen molar-refractivity contribution in [1.82, 2.24) is 24.8 Å². The van der Waals surface area contributed by atoms with Crippen molar-refractivity contribution in [2.24, 2.45) is 0 Å². The van der Waals surface area contributed by atoms with Gasteiger partial charge in [-0.05, 0) is 6.92 Å². The highest BCUT2D eigenvalue weighted by molar-refractivity contribution is 5.44. The zero-order chi connectivity index (χ0) is 9.26. The smallest absolute Gasteiger partial charge is 0.200 e. The first kappa shape index (κ1) is 7.61. The van der Waals surface area contributed by atoms with Crippen molar-refractivity contribution < 1.29 is 0 Å². The Kier molecular flexibility index (Phi) is 1.63. The van der Waals surface area contributed by atoms with Crippen LogP contribution >= 0.6 is 0 Å². The van der Waals surface area contributed by atoms with Gasteiger partial charge in [0.2, 0.25) is 0 Å². The summed E-state index contributed by atoms with van der Waals surface area (Å²) >= 11 is 0. The van der Waals surface area contributed by atoms with Gasteiger partial charge in [-0.1, -0.05) is 0 Å². The molecule has 0 aliphatic carbocycles. The molecule has 2 heterocycles. The Hall–Kier alpha value is -2.03. The van der Waals surface area contributed by atoms with Crippen LogP contribution < -0.4 is 0 Å². The molecule has 0 amide bonds. The van der Waals surface area contributed by atoms with Crippen LogP contribution in [0.5, 0.6) is 0 Å². The van der Waals surface area contributed by atoms with Crippen LogP contribution in [0.4, 0.5) is 0 Å². The van der Waals surface area contributed by atoms with Crippen LogP contribution in [0.1, 0.15) is 18.5 Å². The summed E-state index contributed by atoms with van der Waals surface area (Å²) in [4.78, 5) is 3.99. The Morgan fingerprint density at radius 1 is 1.62 bits per heavy atom. The maximum absolute atomic E-state index is 8.72. The SMILES string of the molecule is CC(C#N)c1ncnn2cnnc12. The van der Waals surface area contributed by atoms with Crippen molar-refractivity contribution in [2.45, 2.75) is 12.8 Å². The Bertz CT molecular complexity index is 467. The van der Waals surface area contributed by atoms with Gasteiger partial charge in [0.1, 0.15) is 18.3 Å². The molecule has 0 N–H and O–H groups in total. The summed E-state index contributed by atoms with van der Waals surface area (Å²) in [5.41, 5.74) is 1.14. The number of aromatic nitrogens is 5. The van der Waals surface area contributed by atoms with E-state index in [0.717, 1.165) is 0 Å². The first-order chi connectivity index (χ1) is 6.33. The van der Waals surface area contributed by atoms with Gasteiger partial charge >= 0.3 is 0 Å². The van der Waals surface area contributed by atoms with Gasteiger partial charge in [0.15, 0.2) is 5.65 Å². The lowest BCUT2D eigenvalue weighted by atomic mass is 10.1. The molecule has 0 spiro atoms. The van der Waals surface area contributed by atoms with E-state index in [2.05, 4.69) is 26.3 Å². The molecule has 0 radical (unpaired) electrons. The molecule has 0 aliphatic heterocycles. The molecule has 6 heteroatoms. The normalized spacial score (nSPS) is 12.6. The van der Waals surface area contributed by atoms with Crippen molar-refractivity contribution in [3.05, 3.63) is 18.3 Å². The van der Waals surface area contributed by atoms with Gasteiger partial charge in [-0.15, -0.1) is 10.2 Å². The van der Waals surface area contributed by atoms with E-state index in [1.165, 1.54) is 17.2 Å². The van der Waals surface area contributed by atoms with Crippen molar-refractivity contribution in [2.75, 3.05) is 0 Å². The predicted octanol–water partition coefficient (Wildman–Crippen LogP) is 0.146. The average molecular weight is 174 g/mol. The molecule has 0 bridgehead atoms. The molecular formula is C7H6N6. The minimum atomic E-state index is -0.297. The quantitative estimate of drug-likeness (QED) is 0.614. The third-order valence-corrected chi connectivity index (χ3v) is 1.74. The first-order valence-electron chi connectivity index (χ1n) is 3.73. The maximum atomic E-state index is 8.72. The van der Waals surface area contributed by atoms with Crippen LogP contribution in [0.25, 0.3) is 5.65 Å². The summed E-state index contributed by atoms with van der Waals surface area (Å²) in [7, 11) is 0. The summed E-state index contributed by atoms with van der Waals surface area (Å²) < 4.78 is 1.50. The molecular weight excluding hydrogens is 168 g/mol. The Morgan fingerprint density at radius 2 is 2.46 bits per heavy atom. The molecule has 1 atom stereocenters. The van der Waals surface area contributed by atoms with Crippen LogP contribution in [0, 0.1) is 11.3 Å². The second-order valence-electron chi connectivity index (χ2n) is 2.60. The van der Waals surface area contributed by atoms with Crippen molar-refractivity contribution in [3.63, 3.8) is 0 Å². The third kappa shape index (κ3) is 1.10. The summed E-state index contributed by atoms with van der Waals surface area (Å²) in [5, 5.41) is 20.1. The lowest BCUT2D eigenvalue weighted by Crippen LogP contribution is -2.01. The summed E-state index contributed by atoms with van der Waals surface area (Å²) in [6.45, 7) is 1.76. The third-order valence-electron chi connectivity index (χ3n) is 1.74. The van der Waals surface area contributed by atoms with Crippen LogP contribution in [0.15, 0.2) is 12.7 Å². The highest BCUT2D eigenvalue weighted by atomic mass is 15.4. The Labute approximate surface area is 73.9 Å². The Balaban J connectivity index is 2.69. The monoisotopic (exact) mass is 174 g/mol. The first-order valence-corrected chi connectivity index (χ1v) is 3.73. The van der Waals surface area contributed by atoms with Crippen LogP contribution in [0.2, 0.25) is 0 Å². The predicted molar refractivity (Wildman–Crippen MR) is 42.6 cm³/mol. The number of fused-ring (bicyclic) bond motifs is 1. The highest BCUT2D eigenvalue weighted by Gasteiger charge is 2.12. The fourth-order valence-corrected chi connectivity index (χ4v) is 1.05. The van der Waals surface area contributed by atoms with E-state index in [-0.39, 0.29) is 5.92 Å². The minimum Gasteiger partial charge on any atom is -0.234 e. The van der Waals surface area contributed by atoms with Gasteiger partial charge in [-0.25, -0.2) is 4.98 Å². The molecule has 2 rings (SSSR count).